The highest BCUT2D eigenvalue weighted by molar-refractivity contribution is 7.89. The molecule has 1 aliphatic heterocycles. The number of sulfonamides is 1. The van der Waals surface area contributed by atoms with Crippen LogP contribution < -0.4 is 5.32 Å². The third-order valence-corrected chi connectivity index (χ3v) is 7.47. The van der Waals surface area contributed by atoms with Crippen LogP contribution in [0.4, 0.5) is 0 Å². The van der Waals surface area contributed by atoms with Crippen molar-refractivity contribution in [2.24, 2.45) is 5.92 Å². The first-order valence-electron chi connectivity index (χ1n) is 9.96. The lowest BCUT2D eigenvalue weighted by Gasteiger charge is -2.22. The Kier molecular flexibility index (Phi) is 6.70. The summed E-state index contributed by atoms with van der Waals surface area (Å²) in [7, 11) is -3.52. The van der Waals surface area contributed by atoms with Gasteiger partial charge in [0.1, 0.15) is 0 Å². The number of rotatable bonds is 5. The van der Waals surface area contributed by atoms with Crippen LogP contribution >= 0.6 is 0 Å². The summed E-state index contributed by atoms with van der Waals surface area (Å²) in [6.45, 7) is 1.82. The molecule has 1 N–H and O–H groups in total. The molecule has 1 saturated carbocycles. The van der Waals surface area contributed by atoms with Gasteiger partial charge in [-0.05, 0) is 49.8 Å². The minimum absolute atomic E-state index is 0.177. The quantitative estimate of drug-likeness (QED) is 0.852. The van der Waals surface area contributed by atoms with Crippen LogP contribution in [0.15, 0.2) is 29.2 Å². The van der Waals surface area contributed by atoms with Crippen LogP contribution in [-0.2, 0) is 10.0 Å². The summed E-state index contributed by atoms with van der Waals surface area (Å²) in [6, 6.07) is 6.48. The van der Waals surface area contributed by atoms with Gasteiger partial charge in [-0.15, -0.1) is 0 Å². The lowest BCUT2D eigenvalue weighted by atomic mass is 9.89. The Balaban J connectivity index is 1.67. The summed E-state index contributed by atoms with van der Waals surface area (Å²) in [4.78, 5) is 12.7. The van der Waals surface area contributed by atoms with E-state index >= 15 is 0 Å². The SMILES string of the molecule is O=C(NCC1CCCCC1)c1cccc(S(=O)(=O)N2CCCCCC2)c1. The molecule has 6 heteroatoms. The molecule has 0 unspecified atom stereocenters. The number of nitrogens with zero attached hydrogens (tertiary/aromatic N) is 1. The lowest BCUT2D eigenvalue weighted by molar-refractivity contribution is 0.0943. The van der Waals surface area contributed by atoms with Crippen molar-refractivity contribution in [1.29, 1.82) is 0 Å². The number of benzene rings is 1. The van der Waals surface area contributed by atoms with Crippen LogP contribution in [0, 0.1) is 5.92 Å². The van der Waals surface area contributed by atoms with Crippen LogP contribution in [0.25, 0.3) is 0 Å². The fraction of sp³-hybridized carbons (Fsp3) is 0.650. The number of hydrogen-bond acceptors (Lipinski definition) is 3. The van der Waals surface area contributed by atoms with Crippen LogP contribution in [0.3, 0.4) is 0 Å². The summed E-state index contributed by atoms with van der Waals surface area (Å²) in [5, 5.41) is 2.99. The molecule has 0 radical (unpaired) electrons. The van der Waals surface area contributed by atoms with E-state index in [1.807, 2.05) is 0 Å². The summed E-state index contributed by atoms with van der Waals surface area (Å²) < 4.78 is 27.4. The zero-order chi connectivity index (χ0) is 18.4. The van der Waals surface area contributed by atoms with Gasteiger partial charge in [0, 0.05) is 25.2 Å². The minimum atomic E-state index is -3.52. The van der Waals surface area contributed by atoms with E-state index in [1.165, 1.54) is 38.2 Å². The molecule has 1 amide bonds. The second-order valence-corrected chi connectivity index (χ2v) is 9.50. The third kappa shape index (κ3) is 4.86. The zero-order valence-electron chi connectivity index (χ0n) is 15.5. The Morgan fingerprint density at radius 2 is 1.65 bits per heavy atom. The average molecular weight is 379 g/mol. The molecule has 0 spiro atoms. The molecule has 1 aliphatic carbocycles. The van der Waals surface area contributed by atoms with E-state index in [0.717, 1.165) is 25.7 Å². The fourth-order valence-electron chi connectivity index (χ4n) is 3.96. The molecule has 1 saturated heterocycles. The molecular formula is C20H30N2O3S. The summed E-state index contributed by atoms with van der Waals surface area (Å²) in [6.07, 6.45) is 10.1. The van der Waals surface area contributed by atoms with Crippen molar-refractivity contribution >= 4 is 15.9 Å². The lowest BCUT2D eigenvalue weighted by Crippen LogP contribution is -2.32. The van der Waals surface area contributed by atoms with Crippen molar-refractivity contribution in [2.75, 3.05) is 19.6 Å². The van der Waals surface area contributed by atoms with Crippen molar-refractivity contribution in [2.45, 2.75) is 62.7 Å². The first kappa shape index (κ1) is 19.4. The predicted octanol–water partition coefficient (Wildman–Crippen LogP) is 3.56. The highest BCUT2D eigenvalue weighted by Gasteiger charge is 2.26. The molecule has 0 bridgehead atoms. The Hall–Kier alpha value is -1.40. The Bertz CT molecular complexity index is 704. The number of carbonyl (C=O) groups is 1. The maximum atomic E-state index is 12.9. The summed E-state index contributed by atoms with van der Waals surface area (Å²) in [5.74, 6) is 0.375. The number of hydrogen-bond donors (Lipinski definition) is 1. The third-order valence-electron chi connectivity index (χ3n) is 5.58. The first-order chi connectivity index (χ1) is 12.6. The molecule has 144 valence electrons. The predicted molar refractivity (Wildman–Crippen MR) is 103 cm³/mol. The van der Waals surface area contributed by atoms with Gasteiger partial charge >= 0.3 is 0 Å². The fourth-order valence-corrected chi connectivity index (χ4v) is 5.52. The molecule has 1 heterocycles. The van der Waals surface area contributed by atoms with Crippen molar-refractivity contribution in [3.8, 4) is 0 Å². The molecule has 1 aromatic carbocycles. The molecule has 2 aliphatic rings. The second-order valence-electron chi connectivity index (χ2n) is 7.56. The molecule has 1 aromatic rings. The van der Waals surface area contributed by atoms with Crippen LogP contribution in [0.5, 0.6) is 0 Å². The van der Waals surface area contributed by atoms with Gasteiger partial charge in [-0.3, -0.25) is 4.79 Å². The van der Waals surface area contributed by atoms with E-state index in [2.05, 4.69) is 5.32 Å². The van der Waals surface area contributed by atoms with Crippen LogP contribution in [-0.4, -0.2) is 38.3 Å². The monoisotopic (exact) mass is 378 g/mol. The van der Waals surface area contributed by atoms with Crippen molar-refractivity contribution < 1.29 is 13.2 Å². The van der Waals surface area contributed by atoms with Gasteiger partial charge in [0.15, 0.2) is 0 Å². The molecule has 26 heavy (non-hydrogen) atoms. The van der Waals surface area contributed by atoms with Crippen LogP contribution in [0.1, 0.15) is 68.1 Å². The standard InChI is InChI=1S/C20H30N2O3S/c23-20(21-16-17-9-4-3-5-10-17)18-11-8-12-19(15-18)26(24,25)22-13-6-1-2-7-14-22/h8,11-12,15,17H,1-7,9-10,13-14,16H2,(H,21,23). The van der Waals surface area contributed by atoms with E-state index in [4.69, 9.17) is 0 Å². The molecule has 0 aromatic heterocycles. The highest BCUT2D eigenvalue weighted by atomic mass is 32.2. The van der Waals surface area contributed by atoms with Gasteiger partial charge in [-0.2, -0.15) is 4.31 Å². The summed E-state index contributed by atoms with van der Waals surface area (Å²) >= 11 is 0. The van der Waals surface area contributed by atoms with Gasteiger partial charge in [0.25, 0.3) is 5.91 Å². The van der Waals surface area contributed by atoms with E-state index in [-0.39, 0.29) is 10.8 Å². The molecular weight excluding hydrogens is 348 g/mol. The van der Waals surface area contributed by atoms with Crippen molar-refractivity contribution in [1.82, 2.24) is 9.62 Å². The maximum absolute atomic E-state index is 12.9. The average Bonchev–Trinajstić information content (AvgIpc) is 2.97. The Morgan fingerprint density at radius 3 is 2.35 bits per heavy atom. The molecule has 5 nitrogen and oxygen atoms in total. The van der Waals surface area contributed by atoms with E-state index in [1.54, 1.807) is 22.5 Å². The minimum Gasteiger partial charge on any atom is -0.352 e. The van der Waals surface area contributed by atoms with E-state index in [9.17, 15) is 13.2 Å². The Morgan fingerprint density at radius 1 is 1.00 bits per heavy atom. The van der Waals surface area contributed by atoms with Gasteiger partial charge in [-0.25, -0.2) is 8.42 Å². The number of nitrogens with one attached hydrogen (secondary N) is 1. The summed E-state index contributed by atoms with van der Waals surface area (Å²) in [5.41, 5.74) is 0.428. The molecule has 2 fully saturated rings. The van der Waals surface area contributed by atoms with Crippen LogP contribution in [0.2, 0.25) is 0 Å². The number of amides is 1. The highest BCUT2D eigenvalue weighted by Crippen LogP contribution is 2.23. The topological polar surface area (TPSA) is 66.5 Å². The maximum Gasteiger partial charge on any atom is 0.251 e. The first-order valence-corrected chi connectivity index (χ1v) is 11.4. The normalized spacial score (nSPS) is 20.5. The van der Waals surface area contributed by atoms with Gasteiger partial charge < -0.3 is 5.32 Å². The van der Waals surface area contributed by atoms with Gasteiger partial charge in [-0.1, -0.05) is 38.2 Å². The number of carbonyl (C=O) groups excluding carboxylic acids is 1. The van der Waals surface area contributed by atoms with Crippen molar-refractivity contribution in [3.05, 3.63) is 29.8 Å². The Labute approximate surface area is 157 Å². The van der Waals surface area contributed by atoms with E-state index < -0.39 is 10.0 Å². The molecule has 0 atom stereocenters. The van der Waals surface area contributed by atoms with E-state index in [0.29, 0.717) is 31.1 Å². The van der Waals surface area contributed by atoms with Gasteiger partial charge in [0.2, 0.25) is 10.0 Å². The zero-order valence-corrected chi connectivity index (χ0v) is 16.3. The van der Waals surface area contributed by atoms with Gasteiger partial charge in [0.05, 0.1) is 4.90 Å². The smallest absolute Gasteiger partial charge is 0.251 e. The molecule has 3 rings (SSSR count). The van der Waals surface area contributed by atoms with Crippen molar-refractivity contribution in [3.63, 3.8) is 0 Å². The second kappa shape index (κ2) is 9.00. The largest absolute Gasteiger partial charge is 0.352 e.